The van der Waals surface area contributed by atoms with Gasteiger partial charge >= 0.3 is 0 Å². The molecule has 0 aliphatic carbocycles. The third-order valence-corrected chi connectivity index (χ3v) is 6.43. The number of nitrogens with two attached hydrogens (primary N) is 1. The predicted molar refractivity (Wildman–Crippen MR) is 137 cm³/mol. The van der Waals surface area contributed by atoms with E-state index in [9.17, 15) is 18.8 Å². The number of hydrogen-bond donors (Lipinski definition) is 2. The Labute approximate surface area is 212 Å². The van der Waals surface area contributed by atoms with E-state index >= 15 is 0 Å². The third kappa shape index (κ3) is 7.04. The lowest BCUT2D eigenvalue weighted by Crippen LogP contribution is -2.48. The van der Waals surface area contributed by atoms with Gasteiger partial charge in [0, 0.05) is 37.9 Å². The number of carbonyl (C=O) groups excluding carboxylic acids is 3. The van der Waals surface area contributed by atoms with E-state index in [4.69, 9.17) is 5.73 Å². The van der Waals surface area contributed by atoms with Gasteiger partial charge in [-0.2, -0.15) is 0 Å². The molecule has 3 N–H and O–H groups in total. The Hall–Kier alpha value is -3.46. The molecule has 0 spiro atoms. The summed E-state index contributed by atoms with van der Waals surface area (Å²) in [5.74, 6) is -0.777. The topological polar surface area (TPSA) is 99.0 Å². The van der Waals surface area contributed by atoms with Crippen LogP contribution in [0.25, 0.3) is 0 Å². The minimum Gasteiger partial charge on any atom is -0.366 e. The van der Waals surface area contributed by atoms with E-state index in [0.717, 1.165) is 29.5 Å². The van der Waals surface area contributed by atoms with Crippen LogP contribution in [0.15, 0.2) is 36.4 Å². The lowest BCUT2D eigenvalue weighted by molar-refractivity contribution is -0.145. The molecule has 0 radical (unpaired) electrons. The zero-order valence-corrected chi connectivity index (χ0v) is 21.5. The van der Waals surface area contributed by atoms with E-state index in [2.05, 4.69) is 19.2 Å². The predicted octanol–water partition coefficient (Wildman–Crippen LogP) is 2.98. The summed E-state index contributed by atoms with van der Waals surface area (Å²) in [4.78, 5) is 39.6. The molecule has 3 rings (SSSR count). The van der Waals surface area contributed by atoms with Crippen LogP contribution in [-0.4, -0.2) is 54.4 Å². The Morgan fingerprint density at radius 1 is 1.08 bits per heavy atom. The first kappa shape index (κ1) is 27.1. The number of likely N-dealkylation sites (N-methyl/N-ethyl adjacent to an activating group) is 1. The minimum atomic E-state index is -0.583. The molecule has 194 valence electrons. The van der Waals surface area contributed by atoms with Crippen molar-refractivity contribution >= 4 is 23.4 Å². The summed E-state index contributed by atoms with van der Waals surface area (Å²) < 4.78 is 13.6. The summed E-state index contributed by atoms with van der Waals surface area (Å²) in [5, 5.41) is 6.28. The maximum absolute atomic E-state index is 13.6. The average molecular weight is 498 g/mol. The summed E-state index contributed by atoms with van der Waals surface area (Å²) in [5.41, 5.74) is 9.00. The number of fused-ring (bicyclic) bond motifs is 1. The van der Waals surface area contributed by atoms with Crippen LogP contribution in [-0.2, 0) is 22.7 Å². The quantitative estimate of drug-likeness (QED) is 0.465. The number of nitrogens with one attached hydrogen (secondary N) is 1. The van der Waals surface area contributed by atoms with Gasteiger partial charge in [-0.05, 0) is 66.6 Å². The molecule has 2 aromatic rings. The van der Waals surface area contributed by atoms with Gasteiger partial charge in [0.1, 0.15) is 5.82 Å². The van der Waals surface area contributed by atoms with Gasteiger partial charge in [-0.25, -0.2) is 9.40 Å². The maximum atomic E-state index is 13.6. The maximum Gasteiger partial charge on any atom is 0.256 e. The molecule has 1 aliphatic heterocycles. The number of nitrogens with zero attached hydrogens (tertiary/aromatic N) is 3. The zero-order chi connectivity index (χ0) is 26.4. The molecule has 8 nitrogen and oxygen atoms in total. The molecule has 0 unspecified atom stereocenters. The van der Waals surface area contributed by atoms with Gasteiger partial charge in [-0.1, -0.05) is 26.0 Å². The average Bonchev–Trinajstić information content (AvgIpc) is 3.24. The first-order valence-electron chi connectivity index (χ1n) is 12.3. The van der Waals surface area contributed by atoms with Gasteiger partial charge in [-0.15, -0.1) is 0 Å². The van der Waals surface area contributed by atoms with E-state index in [0.29, 0.717) is 36.8 Å². The third-order valence-electron chi connectivity index (χ3n) is 6.43. The van der Waals surface area contributed by atoms with Crippen LogP contribution in [0.2, 0.25) is 0 Å². The number of hydrogen-bond acceptors (Lipinski definition) is 5. The first-order chi connectivity index (χ1) is 17.0. The number of anilines is 1. The zero-order valence-electron chi connectivity index (χ0n) is 21.5. The van der Waals surface area contributed by atoms with E-state index in [-0.39, 0.29) is 30.7 Å². The van der Waals surface area contributed by atoms with Crippen molar-refractivity contribution in [3.63, 3.8) is 0 Å². The molecule has 0 fully saturated rings. The first-order valence-corrected chi connectivity index (χ1v) is 12.3. The number of benzene rings is 2. The molecule has 0 aromatic heterocycles. The molecule has 0 saturated carbocycles. The smallest absolute Gasteiger partial charge is 0.256 e. The number of amides is 3. The SMILES string of the molecule is Cc1ccc(C(N)=O)cc1N(CC(=O)NCCCC(C)C)CC(=O)N(C)N1Cc2ccc(F)cc2C1. The molecular weight excluding hydrogens is 461 g/mol. The Kier molecular flexibility index (Phi) is 9.03. The molecule has 2 aromatic carbocycles. The van der Waals surface area contributed by atoms with Gasteiger partial charge in [0.05, 0.1) is 13.1 Å². The second-order valence-electron chi connectivity index (χ2n) is 9.76. The van der Waals surface area contributed by atoms with Gasteiger partial charge in [0.2, 0.25) is 11.8 Å². The number of primary amides is 1. The minimum absolute atomic E-state index is 0.0459. The van der Waals surface area contributed by atoms with Gasteiger partial charge in [0.15, 0.2) is 0 Å². The lowest BCUT2D eigenvalue weighted by Gasteiger charge is -2.32. The Morgan fingerprint density at radius 2 is 1.81 bits per heavy atom. The molecule has 0 saturated heterocycles. The van der Waals surface area contributed by atoms with Crippen molar-refractivity contribution in [2.24, 2.45) is 11.7 Å². The van der Waals surface area contributed by atoms with Crippen molar-refractivity contribution in [2.45, 2.75) is 46.7 Å². The van der Waals surface area contributed by atoms with Crippen LogP contribution in [0.4, 0.5) is 10.1 Å². The van der Waals surface area contributed by atoms with Crippen molar-refractivity contribution in [2.75, 3.05) is 31.6 Å². The second kappa shape index (κ2) is 12.0. The molecule has 3 amide bonds. The summed E-state index contributed by atoms with van der Waals surface area (Å²) in [6.45, 7) is 7.46. The Balaban J connectivity index is 1.74. The summed E-state index contributed by atoms with van der Waals surface area (Å²) in [6, 6.07) is 9.63. The van der Waals surface area contributed by atoms with Gasteiger partial charge in [-0.3, -0.25) is 19.4 Å². The molecule has 36 heavy (non-hydrogen) atoms. The summed E-state index contributed by atoms with van der Waals surface area (Å²) in [6.07, 6.45) is 1.88. The molecule has 9 heteroatoms. The fourth-order valence-electron chi connectivity index (χ4n) is 4.28. The monoisotopic (exact) mass is 497 g/mol. The van der Waals surface area contributed by atoms with E-state index in [1.54, 1.807) is 36.2 Å². The van der Waals surface area contributed by atoms with Crippen LogP contribution in [0.3, 0.4) is 0 Å². The fourth-order valence-corrected chi connectivity index (χ4v) is 4.28. The van der Waals surface area contributed by atoms with Crippen LogP contribution in [0, 0.1) is 18.7 Å². The van der Waals surface area contributed by atoms with Crippen LogP contribution in [0.1, 0.15) is 53.7 Å². The second-order valence-corrected chi connectivity index (χ2v) is 9.76. The normalized spacial score (nSPS) is 12.9. The van der Waals surface area contributed by atoms with Crippen molar-refractivity contribution in [1.29, 1.82) is 0 Å². The van der Waals surface area contributed by atoms with Crippen molar-refractivity contribution in [1.82, 2.24) is 15.3 Å². The Morgan fingerprint density at radius 3 is 2.50 bits per heavy atom. The number of carbonyl (C=O) groups is 3. The highest BCUT2D eigenvalue weighted by molar-refractivity contribution is 5.95. The van der Waals surface area contributed by atoms with Crippen LogP contribution < -0.4 is 16.0 Å². The molecule has 0 bridgehead atoms. The van der Waals surface area contributed by atoms with Crippen LogP contribution >= 0.6 is 0 Å². The number of halogens is 1. The lowest BCUT2D eigenvalue weighted by atomic mass is 10.1. The standard InChI is InChI=1S/C27H36FN5O3/c1-18(2)6-5-11-30-25(34)16-32(24-13-20(27(29)36)8-7-19(24)3)17-26(35)31(4)33-14-21-9-10-23(28)12-22(21)15-33/h7-10,12-13,18H,5-6,11,14-17H2,1-4H3,(H2,29,36)(H,30,34). The largest absolute Gasteiger partial charge is 0.366 e. The van der Waals surface area contributed by atoms with Crippen molar-refractivity contribution in [3.05, 3.63) is 64.5 Å². The van der Waals surface area contributed by atoms with E-state index in [1.807, 2.05) is 11.9 Å². The summed E-state index contributed by atoms with van der Waals surface area (Å²) >= 11 is 0. The van der Waals surface area contributed by atoms with Crippen molar-refractivity contribution < 1.29 is 18.8 Å². The van der Waals surface area contributed by atoms with Crippen LogP contribution in [0.5, 0.6) is 0 Å². The van der Waals surface area contributed by atoms with Gasteiger partial charge < -0.3 is 16.0 Å². The van der Waals surface area contributed by atoms with Crippen molar-refractivity contribution in [3.8, 4) is 0 Å². The highest BCUT2D eigenvalue weighted by atomic mass is 19.1. The molecular formula is C27H36FN5O3. The molecule has 1 aliphatic rings. The summed E-state index contributed by atoms with van der Waals surface area (Å²) in [7, 11) is 1.67. The molecule has 1 heterocycles. The highest BCUT2D eigenvalue weighted by Gasteiger charge is 2.27. The van der Waals surface area contributed by atoms with E-state index < -0.39 is 5.91 Å². The number of hydrazine groups is 1. The van der Waals surface area contributed by atoms with E-state index in [1.165, 1.54) is 17.1 Å². The number of aryl methyl sites for hydroxylation is 1. The highest BCUT2D eigenvalue weighted by Crippen LogP contribution is 2.26. The Bertz CT molecular complexity index is 1120. The number of rotatable bonds is 11. The van der Waals surface area contributed by atoms with Gasteiger partial charge in [0.25, 0.3) is 5.91 Å². The molecule has 0 atom stereocenters. The fraction of sp³-hybridized carbons (Fsp3) is 0.444.